The molecule has 1 aromatic carbocycles. The number of rotatable bonds is 8. The molecule has 0 bridgehead atoms. The lowest BCUT2D eigenvalue weighted by molar-refractivity contribution is 0.0279. The molecule has 4 nitrogen and oxygen atoms in total. The summed E-state index contributed by atoms with van der Waals surface area (Å²) in [5, 5.41) is 13.1. The molecule has 1 fully saturated rings. The van der Waals surface area contributed by atoms with Gasteiger partial charge in [0, 0.05) is 19.7 Å². The van der Waals surface area contributed by atoms with E-state index in [0.717, 1.165) is 25.1 Å². The van der Waals surface area contributed by atoms with Crippen molar-refractivity contribution < 1.29 is 14.6 Å². The van der Waals surface area contributed by atoms with Gasteiger partial charge < -0.3 is 19.9 Å². The van der Waals surface area contributed by atoms with Crippen molar-refractivity contribution in [3.8, 4) is 0 Å². The van der Waals surface area contributed by atoms with Gasteiger partial charge in [-0.1, -0.05) is 30.3 Å². The van der Waals surface area contributed by atoms with E-state index < -0.39 is 6.10 Å². The summed E-state index contributed by atoms with van der Waals surface area (Å²) in [6, 6.07) is 10.00. The van der Waals surface area contributed by atoms with E-state index in [-0.39, 0.29) is 0 Å². The largest absolute Gasteiger partial charge is 0.389 e. The van der Waals surface area contributed by atoms with Gasteiger partial charge in [0.15, 0.2) is 0 Å². The zero-order chi connectivity index (χ0) is 14.2. The second-order valence-electron chi connectivity index (χ2n) is 5.44. The fourth-order valence-electron chi connectivity index (χ4n) is 2.43. The summed E-state index contributed by atoms with van der Waals surface area (Å²) in [5.41, 5.74) is 1.13. The molecular weight excluding hydrogens is 254 g/mol. The Morgan fingerprint density at radius 2 is 2.20 bits per heavy atom. The highest BCUT2D eigenvalue weighted by Crippen LogP contribution is 2.19. The molecule has 4 heteroatoms. The van der Waals surface area contributed by atoms with Crippen LogP contribution in [-0.2, 0) is 16.1 Å². The van der Waals surface area contributed by atoms with Gasteiger partial charge in [-0.15, -0.1) is 0 Å². The van der Waals surface area contributed by atoms with Crippen molar-refractivity contribution >= 4 is 0 Å². The third-order valence-corrected chi connectivity index (χ3v) is 3.74. The maximum atomic E-state index is 9.85. The van der Waals surface area contributed by atoms with Crippen LogP contribution in [0.4, 0.5) is 0 Å². The van der Waals surface area contributed by atoms with Crippen LogP contribution in [0.5, 0.6) is 0 Å². The van der Waals surface area contributed by atoms with Gasteiger partial charge in [0.25, 0.3) is 0 Å². The Hall–Kier alpha value is -0.940. The minimum absolute atomic E-state index is 0.328. The normalized spacial score (nSPS) is 23.9. The predicted octanol–water partition coefficient (Wildman–Crippen LogP) is 1.58. The van der Waals surface area contributed by atoms with Crippen molar-refractivity contribution in [3.05, 3.63) is 35.9 Å². The molecule has 0 amide bonds. The second-order valence-corrected chi connectivity index (χ2v) is 5.44. The van der Waals surface area contributed by atoms with Crippen LogP contribution in [0.1, 0.15) is 18.9 Å². The Labute approximate surface area is 121 Å². The SMILES string of the molecule is CC1OCCC1CNCC(O)COCc1ccccc1. The molecule has 20 heavy (non-hydrogen) atoms. The molecule has 1 aromatic rings. The molecule has 2 rings (SSSR count). The number of nitrogens with one attached hydrogen (secondary N) is 1. The first-order valence-electron chi connectivity index (χ1n) is 7.37. The Balaban J connectivity index is 1.53. The fraction of sp³-hybridized carbons (Fsp3) is 0.625. The molecular formula is C16H25NO3. The molecule has 1 heterocycles. The first-order chi connectivity index (χ1) is 9.75. The van der Waals surface area contributed by atoms with Crippen molar-refractivity contribution in [2.75, 3.05) is 26.3 Å². The van der Waals surface area contributed by atoms with Gasteiger partial charge in [-0.25, -0.2) is 0 Å². The highest BCUT2D eigenvalue weighted by Gasteiger charge is 2.23. The van der Waals surface area contributed by atoms with Gasteiger partial charge in [0.05, 0.1) is 25.4 Å². The van der Waals surface area contributed by atoms with Crippen LogP contribution in [0.15, 0.2) is 30.3 Å². The monoisotopic (exact) mass is 279 g/mol. The molecule has 1 aliphatic rings. The van der Waals surface area contributed by atoms with E-state index in [0.29, 0.717) is 31.8 Å². The highest BCUT2D eigenvalue weighted by atomic mass is 16.5. The molecule has 1 aliphatic heterocycles. The molecule has 2 N–H and O–H groups in total. The van der Waals surface area contributed by atoms with Crippen LogP contribution in [0.3, 0.4) is 0 Å². The van der Waals surface area contributed by atoms with Crippen molar-refractivity contribution in [1.82, 2.24) is 5.32 Å². The highest BCUT2D eigenvalue weighted by molar-refractivity contribution is 5.13. The summed E-state index contributed by atoms with van der Waals surface area (Å²) >= 11 is 0. The average Bonchev–Trinajstić information content (AvgIpc) is 2.86. The van der Waals surface area contributed by atoms with Gasteiger partial charge in [-0.05, 0) is 24.8 Å². The zero-order valence-electron chi connectivity index (χ0n) is 12.1. The van der Waals surface area contributed by atoms with Gasteiger partial charge in [0.2, 0.25) is 0 Å². The number of ether oxygens (including phenoxy) is 2. The van der Waals surface area contributed by atoms with E-state index in [1.807, 2.05) is 30.3 Å². The summed E-state index contributed by atoms with van der Waals surface area (Å²) in [5.74, 6) is 0.562. The van der Waals surface area contributed by atoms with E-state index in [1.165, 1.54) is 0 Å². The van der Waals surface area contributed by atoms with Crippen LogP contribution < -0.4 is 5.32 Å². The molecule has 0 aromatic heterocycles. The number of benzene rings is 1. The van der Waals surface area contributed by atoms with Crippen LogP contribution in [0.25, 0.3) is 0 Å². The van der Waals surface area contributed by atoms with Crippen molar-refractivity contribution in [2.45, 2.75) is 32.2 Å². The maximum absolute atomic E-state index is 9.85. The third kappa shape index (κ3) is 5.21. The number of hydrogen-bond acceptors (Lipinski definition) is 4. The zero-order valence-corrected chi connectivity index (χ0v) is 12.1. The van der Waals surface area contributed by atoms with Gasteiger partial charge in [-0.3, -0.25) is 0 Å². The standard InChI is InChI=1S/C16H25NO3/c1-13-15(7-8-20-13)9-17-10-16(18)12-19-11-14-5-3-2-4-6-14/h2-6,13,15-18H,7-12H2,1H3. The summed E-state index contributed by atoms with van der Waals surface area (Å²) in [7, 11) is 0. The molecule has 0 aliphatic carbocycles. The van der Waals surface area contributed by atoms with Crippen LogP contribution in [0.2, 0.25) is 0 Å². The molecule has 0 saturated carbocycles. The molecule has 3 atom stereocenters. The van der Waals surface area contributed by atoms with E-state index in [2.05, 4.69) is 12.2 Å². The number of aliphatic hydroxyl groups is 1. The topological polar surface area (TPSA) is 50.7 Å². The average molecular weight is 279 g/mol. The van der Waals surface area contributed by atoms with Crippen molar-refractivity contribution in [1.29, 1.82) is 0 Å². The predicted molar refractivity (Wildman–Crippen MR) is 78.5 cm³/mol. The number of hydrogen-bond donors (Lipinski definition) is 2. The van der Waals surface area contributed by atoms with Crippen molar-refractivity contribution in [3.63, 3.8) is 0 Å². The summed E-state index contributed by atoms with van der Waals surface area (Å²) < 4.78 is 11.0. The van der Waals surface area contributed by atoms with Gasteiger partial charge >= 0.3 is 0 Å². The maximum Gasteiger partial charge on any atom is 0.0897 e. The van der Waals surface area contributed by atoms with Crippen molar-refractivity contribution in [2.24, 2.45) is 5.92 Å². The lowest BCUT2D eigenvalue weighted by Gasteiger charge is -2.17. The van der Waals surface area contributed by atoms with Crippen LogP contribution in [0, 0.1) is 5.92 Å². The van der Waals surface area contributed by atoms with E-state index in [4.69, 9.17) is 9.47 Å². The summed E-state index contributed by atoms with van der Waals surface area (Å²) in [6.07, 6.45) is 0.972. The summed E-state index contributed by atoms with van der Waals surface area (Å²) in [4.78, 5) is 0. The smallest absolute Gasteiger partial charge is 0.0897 e. The first kappa shape index (κ1) is 15.4. The lowest BCUT2D eigenvalue weighted by Crippen LogP contribution is -2.35. The Kier molecular flexibility index (Phi) is 6.47. The molecule has 3 unspecified atom stereocenters. The van der Waals surface area contributed by atoms with Crippen LogP contribution in [-0.4, -0.2) is 43.6 Å². The molecule has 0 spiro atoms. The molecule has 1 saturated heterocycles. The van der Waals surface area contributed by atoms with Gasteiger partial charge in [-0.2, -0.15) is 0 Å². The molecule has 0 radical (unpaired) electrons. The fourth-order valence-corrected chi connectivity index (χ4v) is 2.43. The third-order valence-electron chi connectivity index (χ3n) is 3.74. The van der Waals surface area contributed by atoms with E-state index in [1.54, 1.807) is 0 Å². The minimum atomic E-state index is -0.462. The second kappa shape index (κ2) is 8.37. The Morgan fingerprint density at radius 1 is 1.40 bits per heavy atom. The Bertz CT molecular complexity index is 371. The summed E-state index contributed by atoms with van der Waals surface area (Å²) in [6.45, 7) is 5.34. The molecule has 112 valence electrons. The quantitative estimate of drug-likeness (QED) is 0.758. The van der Waals surface area contributed by atoms with E-state index >= 15 is 0 Å². The minimum Gasteiger partial charge on any atom is -0.389 e. The first-order valence-corrected chi connectivity index (χ1v) is 7.37. The van der Waals surface area contributed by atoms with E-state index in [9.17, 15) is 5.11 Å². The number of aliphatic hydroxyl groups excluding tert-OH is 1. The lowest BCUT2D eigenvalue weighted by atomic mass is 10.0. The van der Waals surface area contributed by atoms with Crippen LogP contribution >= 0.6 is 0 Å². The Morgan fingerprint density at radius 3 is 2.90 bits per heavy atom. The van der Waals surface area contributed by atoms with Gasteiger partial charge in [0.1, 0.15) is 0 Å².